The fourth-order valence-corrected chi connectivity index (χ4v) is 4.60. The third kappa shape index (κ3) is 3.05. The number of rotatable bonds is 4. The van der Waals surface area contributed by atoms with Crippen LogP contribution in [0.25, 0.3) is 0 Å². The summed E-state index contributed by atoms with van der Waals surface area (Å²) in [4.78, 5) is 24.8. The molecule has 4 rings (SSSR count). The molecular weight excluding hydrogens is 310 g/mol. The van der Waals surface area contributed by atoms with Crippen molar-refractivity contribution < 1.29 is 9.59 Å². The van der Waals surface area contributed by atoms with E-state index in [4.69, 9.17) is 0 Å². The molecule has 1 saturated carbocycles. The van der Waals surface area contributed by atoms with E-state index in [1.54, 1.807) is 0 Å². The molecule has 1 heterocycles. The second-order valence-corrected chi connectivity index (χ2v) is 8.19. The van der Waals surface area contributed by atoms with Gasteiger partial charge in [0.05, 0.1) is 12.3 Å². The summed E-state index contributed by atoms with van der Waals surface area (Å²) in [6.45, 7) is 4.05. The minimum atomic E-state index is -0.153. The molecule has 1 aliphatic heterocycles. The number of carbonyl (C=O) groups is 2. The summed E-state index contributed by atoms with van der Waals surface area (Å²) in [6, 6.07) is 8.94. The van der Waals surface area contributed by atoms with E-state index in [0.29, 0.717) is 6.04 Å². The first-order valence-electron chi connectivity index (χ1n) is 9.65. The lowest BCUT2D eigenvalue weighted by molar-refractivity contribution is -0.128. The normalized spacial score (nSPS) is 29.4. The highest BCUT2D eigenvalue weighted by Crippen LogP contribution is 2.42. The summed E-state index contributed by atoms with van der Waals surface area (Å²) in [6.07, 6.45) is 6.04. The SMILES string of the molecule is Cc1ccc(CC2C3=C(NC2CC2CCC2)C(C)C(=O)CC3=O)cc1. The van der Waals surface area contributed by atoms with Crippen molar-refractivity contribution in [3.63, 3.8) is 0 Å². The van der Waals surface area contributed by atoms with E-state index in [-0.39, 0.29) is 29.8 Å². The molecule has 25 heavy (non-hydrogen) atoms. The number of hydrogen-bond donors (Lipinski definition) is 1. The summed E-state index contributed by atoms with van der Waals surface area (Å²) >= 11 is 0. The largest absolute Gasteiger partial charge is 0.384 e. The van der Waals surface area contributed by atoms with Gasteiger partial charge in [-0.3, -0.25) is 9.59 Å². The monoisotopic (exact) mass is 337 g/mol. The number of ketones is 2. The summed E-state index contributed by atoms with van der Waals surface area (Å²) in [5.41, 5.74) is 4.40. The van der Waals surface area contributed by atoms with E-state index in [2.05, 4.69) is 36.5 Å². The Morgan fingerprint density at radius 2 is 1.84 bits per heavy atom. The maximum atomic E-state index is 12.7. The zero-order valence-corrected chi connectivity index (χ0v) is 15.2. The standard InChI is InChI=1S/C22H27NO2/c1-13-6-8-16(9-7-13)10-17-18(11-15-4-3-5-15)23-22-14(2)19(24)12-20(25)21(17)22/h6-9,14-15,17-18,23H,3-5,10-12H2,1-2H3. The van der Waals surface area contributed by atoms with E-state index in [9.17, 15) is 9.59 Å². The van der Waals surface area contributed by atoms with Crippen molar-refractivity contribution in [1.82, 2.24) is 5.32 Å². The van der Waals surface area contributed by atoms with Crippen LogP contribution in [0.4, 0.5) is 0 Å². The molecule has 3 nitrogen and oxygen atoms in total. The summed E-state index contributed by atoms with van der Waals surface area (Å²) in [7, 11) is 0. The highest BCUT2D eigenvalue weighted by atomic mass is 16.1. The van der Waals surface area contributed by atoms with Crippen LogP contribution < -0.4 is 5.32 Å². The van der Waals surface area contributed by atoms with Crippen molar-refractivity contribution in [2.24, 2.45) is 17.8 Å². The van der Waals surface area contributed by atoms with Crippen LogP contribution >= 0.6 is 0 Å². The average molecular weight is 337 g/mol. The predicted molar refractivity (Wildman–Crippen MR) is 98.1 cm³/mol. The van der Waals surface area contributed by atoms with Gasteiger partial charge in [0, 0.05) is 23.2 Å². The molecule has 0 spiro atoms. The van der Waals surface area contributed by atoms with Crippen LogP contribution in [0.5, 0.6) is 0 Å². The van der Waals surface area contributed by atoms with Gasteiger partial charge in [-0.1, -0.05) is 49.1 Å². The van der Waals surface area contributed by atoms with Gasteiger partial charge in [0.15, 0.2) is 5.78 Å². The number of benzene rings is 1. The Morgan fingerprint density at radius 1 is 1.12 bits per heavy atom. The lowest BCUT2D eigenvalue weighted by Crippen LogP contribution is -2.35. The summed E-state index contributed by atoms with van der Waals surface area (Å²) in [5.74, 6) is 0.954. The van der Waals surface area contributed by atoms with Gasteiger partial charge in [-0.05, 0) is 38.2 Å². The number of carbonyl (C=O) groups excluding carboxylic acids is 2. The van der Waals surface area contributed by atoms with E-state index < -0.39 is 0 Å². The van der Waals surface area contributed by atoms with Crippen molar-refractivity contribution in [3.05, 3.63) is 46.7 Å². The highest BCUT2D eigenvalue weighted by Gasteiger charge is 2.44. The van der Waals surface area contributed by atoms with Crippen molar-refractivity contribution in [1.29, 1.82) is 0 Å². The number of Topliss-reactive ketones (excluding diaryl/α,β-unsaturated/α-hetero) is 2. The molecule has 0 aromatic heterocycles. The number of aryl methyl sites for hydroxylation is 1. The Kier molecular flexibility index (Phi) is 4.26. The Balaban J connectivity index is 1.63. The van der Waals surface area contributed by atoms with E-state index in [1.807, 2.05) is 6.92 Å². The zero-order chi connectivity index (χ0) is 17.6. The van der Waals surface area contributed by atoms with Crippen LogP contribution in [-0.2, 0) is 16.0 Å². The maximum absolute atomic E-state index is 12.7. The number of hydrogen-bond acceptors (Lipinski definition) is 3. The van der Waals surface area contributed by atoms with Crippen molar-refractivity contribution >= 4 is 11.6 Å². The van der Waals surface area contributed by atoms with Crippen LogP contribution in [0.15, 0.2) is 35.5 Å². The number of allylic oxidation sites excluding steroid dienone is 1. The molecule has 2 aliphatic carbocycles. The topological polar surface area (TPSA) is 46.2 Å². The molecule has 0 saturated heterocycles. The van der Waals surface area contributed by atoms with Crippen LogP contribution in [0.3, 0.4) is 0 Å². The lowest BCUT2D eigenvalue weighted by atomic mass is 9.74. The fourth-order valence-electron chi connectivity index (χ4n) is 4.60. The minimum Gasteiger partial charge on any atom is -0.384 e. The minimum absolute atomic E-state index is 0.0545. The predicted octanol–water partition coefficient (Wildman–Crippen LogP) is 3.75. The molecule has 1 N–H and O–H groups in total. The second kappa shape index (κ2) is 6.44. The van der Waals surface area contributed by atoms with Crippen LogP contribution in [-0.4, -0.2) is 17.6 Å². The molecule has 1 fully saturated rings. The van der Waals surface area contributed by atoms with Gasteiger partial charge >= 0.3 is 0 Å². The van der Waals surface area contributed by atoms with E-state index in [0.717, 1.165) is 30.0 Å². The van der Waals surface area contributed by atoms with Crippen LogP contribution in [0.1, 0.15) is 50.2 Å². The molecule has 132 valence electrons. The van der Waals surface area contributed by atoms with Gasteiger partial charge in [-0.15, -0.1) is 0 Å². The van der Waals surface area contributed by atoms with Gasteiger partial charge < -0.3 is 5.32 Å². The first-order chi connectivity index (χ1) is 12.0. The van der Waals surface area contributed by atoms with Crippen LogP contribution in [0.2, 0.25) is 0 Å². The first kappa shape index (κ1) is 16.6. The third-order valence-electron chi connectivity index (χ3n) is 6.43. The van der Waals surface area contributed by atoms with Gasteiger partial charge in [-0.2, -0.15) is 0 Å². The fraction of sp³-hybridized carbons (Fsp3) is 0.545. The number of nitrogens with one attached hydrogen (secondary N) is 1. The van der Waals surface area contributed by atoms with Crippen molar-refractivity contribution in [2.45, 2.75) is 58.4 Å². The van der Waals surface area contributed by atoms with Gasteiger partial charge in [0.2, 0.25) is 0 Å². The Labute approximate surface area is 149 Å². The lowest BCUT2D eigenvalue weighted by Gasteiger charge is -2.31. The molecule has 0 radical (unpaired) electrons. The first-order valence-corrected chi connectivity index (χ1v) is 9.65. The Bertz CT molecular complexity index is 727. The molecular formula is C22H27NO2. The van der Waals surface area contributed by atoms with Crippen molar-refractivity contribution in [2.75, 3.05) is 0 Å². The molecule has 3 atom stereocenters. The molecule has 0 bridgehead atoms. The van der Waals surface area contributed by atoms with Gasteiger partial charge in [-0.25, -0.2) is 0 Å². The smallest absolute Gasteiger partial charge is 0.168 e. The third-order valence-corrected chi connectivity index (χ3v) is 6.43. The summed E-state index contributed by atoms with van der Waals surface area (Å²) in [5, 5.41) is 3.62. The zero-order valence-electron chi connectivity index (χ0n) is 15.2. The van der Waals surface area contributed by atoms with E-state index >= 15 is 0 Å². The van der Waals surface area contributed by atoms with Gasteiger partial charge in [0.1, 0.15) is 5.78 Å². The Hall–Kier alpha value is -1.90. The highest BCUT2D eigenvalue weighted by molar-refractivity contribution is 6.13. The van der Waals surface area contributed by atoms with E-state index in [1.165, 1.54) is 30.4 Å². The van der Waals surface area contributed by atoms with Crippen molar-refractivity contribution in [3.8, 4) is 0 Å². The molecule has 1 aromatic rings. The molecule has 3 heteroatoms. The average Bonchev–Trinajstić information content (AvgIpc) is 2.90. The van der Waals surface area contributed by atoms with Crippen LogP contribution in [0, 0.1) is 24.7 Å². The van der Waals surface area contributed by atoms with Gasteiger partial charge in [0.25, 0.3) is 0 Å². The molecule has 1 aromatic carbocycles. The maximum Gasteiger partial charge on any atom is 0.168 e. The Morgan fingerprint density at radius 3 is 2.48 bits per heavy atom. The molecule has 3 aliphatic rings. The quantitative estimate of drug-likeness (QED) is 0.851. The molecule has 3 unspecified atom stereocenters. The molecule has 0 amide bonds. The summed E-state index contributed by atoms with van der Waals surface area (Å²) < 4.78 is 0. The second-order valence-electron chi connectivity index (χ2n) is 8.19.